The lowest BCUT2D eigenvalue weighted by Crippen LogP contribution is -2.85. The number of benzene rings is 2. The summed E-state index contributed by atoms with van der Waals surface area (Å²) in [6.07, 6.45) is 3.50. The van der Waals surface area contributed by atoms with E-state index >= 15 is 0 Å². The van der Waals surface area contributed by atoms with Gasteiger partial charge in [0, 0.05) is 13.0 Å². The molecule has 1 aliphatic rings. The summed E-state index contributed by atoms with van der Waals surface area (Å²) in [6, 6.07) is 11.0. The second-order valence-corrected chi connectivity index (χ2v) is 9.44. The Morgan fingerprint density at radius 3 is 1.91 bits per heavy atom. The summed E-state index contributed by atoms with van der Waals surface area (Å²) >= 11 is 0. The fourth-order valence-corrected chi connectivity index (χ4v) is 4.13. The summed E-state index contributed by atoms with van der Waals surface area (Å²) in [5.41, 5.74) is -6.65. The first-order chi connectivity index (χ1) is 15.1. The molecule has 1 saturated heterocycles. The minimum Gasteiger partial charge on any atom is -0.508 e. The normalized spacial score (nSPS) is 36.8. The van der Waals surface area contributed by atoms with E-state index in [0.717, 1.165) is 5.56 Å². The standard InChI is InChI=1S/C25H32O8/c1-21(15-26)22(2,29)23(3,30)24(4,31)25(5,33-21)32-20-13-17(12-19(28)14-20)7-6-16-8-10-18(27)11-9-16/h6-14,26-31H,15H2,1-5H3/b7-6-. The molecule has 8 heteroatoms. The number of rotatable bonds is 5. The van der Waals surface area contributed by atoms with Gasteiger partial charge in [-0.15, -0.1) is 0 Å². The van der Waals surface area contributed by atoms with E-state index < -0.39 is 34.8 Å². The molecule has 1 aliphatic heterocycles. The average Bonchev–Trinajstić information content (AvgIpc) is 2.71. The molecule has 3 rings (SSSR count). The highest BCUT2D eigenvalue weighted by Crippen LogP contribution is 2.53. The molecule has 1 heterocycles. The molecule has 0 aliphatic carbocycles. The number of aliphatic hydroxyl groups excluding tert-OH is 1. The van der Waals surface area contributed by atoms with Gasteiger partial charge in [-0.1, -0.05) is 24.3 Å². The molecule has 180 valence electrons. The molecule has 2 aromatic carbocycles. The molecular formula is C25H32O8. The van der Waals surface area contributed by atoms with Crippen molar-refractivity contribution in [2.24, 2.45) is 0 Å². The highest BCUT2D eigenvalue weighted by molar-refractivity contribution is 5.71. The summed E-state index contributed by atoms with van der Waals surface area (Å²) in [4.78, 5) is 0. The molecular weight excluding hydrogens is 428 g/mol. The molecule has 5 unspecified atom stereocenters. The van der Waals surface area contributed by atoms with E-state index in [1.54, 1.807) is 42.5 Å². The smallest absolute Gasteiger partial charge is 0.240 e. The number of phenolic OH excluding ortho intramolecular Hbond substituents is 2. The number of ether oxygens (including phenoxy) is 2. The van der Waals surface area contributed by atoms with E-state index in [1.807, 2.05) is 0 Å². The summed E-state index contributed by atoms with van der Waals surface area (Å²) in [7, 11) is 0. The monoisotopic (exact) mass is 460 g/mol. The van der Waals surface area contributed by atoms with Crippen LogP contribution in [0.5, 0.6) is 17.2 Å². The van der Waals surface area contributed by atoms with Crippen molar-refractivity contribution >= 4 is 12.2 Å². The van der Waals surface area contributed by atoms with Gasteiger partial charge in [-0.3, -0.25) is 0 Å². The van der Waals surface area contributed by atoms with Crippen LogP contribution in [0.4, 0.5) is 0 Å². The minimum absolute atomic E-state index is 0.111. The average molecular weight is 461 g/mol. The second kappa shape index (κ2) is 8.00. The van der Waals surface area contributed by atoms with E-state index in [2.05, 4.69) is 0 Å². The van der Waals surface area contributed by atoms with Crippen molar-refractivity contribution in [3.63, 3.8) is 0 Å². The van der Waals surface area contributed by atoms with E-state index in [0.29, 0.717) is 5.56 Å². The van der Waals surface area contributed by atoms with E-state index in [-0.39, 0.29) is 17.2 Å². The van der Waals surface area contributed by atoms with Crippen molar-refractivity contribution in [3.05, 3.63) is 53.6 Å². The van der Waals surface area contributed by atoms with Crippen molar-refractivity contribution in [3.8, 4) is 17.2 Å². The van der Waals surface area contributed by atoms with Gasteiger partial charge in [0.2, 0.25) is 5.79 Å². The molecule has 2 aromatic rings. The molecule has 0 radical (unpaired) electrons. The number of aromatic hydroxyl groups is 2. The van der Waals surface area contributed by atoms with E-state index in [4.69, 9.17) is 9.47 Å². The van der Waals surface area contributed by atoms with Gasteiger partial charge < -0.3 is 40.1 Å². The minimum atomic E-state index is -2.16. The molecule has 0 aromatic heterocycles. The Morgan fingerprint density at radius 1 is 0.758 bits per heavy atom. The van der Waals surface area contributed by atoms with Crippen LogP contribution >= 0.6 is 0 Å². The summed E-state index contributed by atoms with van der Waals surface area (Å²) in [5.74, 6) is -1.76. The Morgan fingerprint density at radius 2 is 1.33 bits per heavy atom. The van der Waals surface area contributed by atoms with E-state index in [1.165, 1.54) is 46.8 Å². The zero-order valence-electron chi connectivity index (χ0n) is 19.4. The molecule has 6 N–H and O–H groups in total. The Labute approximate surface area is 193 Å². The first-order valence-electron chi connectivity index (χ1n) is 10.6. The van der Waals surface area contributed by atoms with Gasteiger partial charge in [0.15, 0.2) is 5.60 Å². The highest BCUT2D eigenvalue weighted by Gasteiger charge is 2.75. The van der Waals surface area contributed by atoms with Crippen molar-refractivity contribution < 1.29 is 40.1 Å². The Balaban J connectivity index is 1.98. The van der Waals surface area contributed by atoms with E-state index in [9.17, 15) is 30.6 Å². The van der Waals surface area contributed by atoms with Gasteiger partial charge >= 0.3 is 0 Å². The van der Waals surface area contributed by atoms with Crippen LogP contribution in [0.25, 0.3) is 12.2 Å². The number of hydrogen-bond acceptors (Lipinski definition) is 8. The van der Waals surface area contributed by atoms with Gasteiger partial charge in [0.25, 0.3) is 0 Å². The van der Waals surface area contributed by atoms with Crippen LogP contribution in [0.2, 0.25) is 0 Å². The molecule has 0 bridgehead atoms. The van der Waals surface area contributed by atoms with Crippen LogP contribution in [-0.4, -0.2) is 65.4 Å². The summed E-state index contributed by atoms with van der Waals surface area (Å²) in [5, 5.41) is 63.1. The molecule has 0 spiro atoms. The third-order valence-corrected chi connectivity index (χ3v) is 7.12. The highest BCUT2D eigenvalue weighted by atomic mass is 16.7. The fraction of sp³-hybridized carbons (Fsp3) is 0.440. The predicted octanol–water partition coefficient (Wildman–Crippen LogP) is 2.40. The molecule has 0 saturated carbocycles. The zero-order valence-corrected chi connectivity index (χ0v) is 19.4. The Kier molecular flexibility index (Phi) is 6.06. The van der Waals surface area contributed by atoms with Crippen LogP contribution in [0.3, 0.4) is 0 Å². The maximum atomic E-state index is 11.3. The lowest BCUT2D eigenvalue weighted by atomic mass is 9.61. The third-order valence-electron chi connectivity index (χ3n) is 7.12. The van der Waals surface area contributed by atoms with Crippen LogP contribution in [0.15, 0.2) is 42.5 Å². The number of phenols is 2. The zero-order chi connectivity index (χ0) is 24.9. The maximum Gasteiger partial charge on any atom is 0.240 e. The van der Waals surface area contributed by atoms with Gasteiger partial charge in [-0.25, -0.2) is 0 Å². The van der Waals surface area contributed by atoms with Crippen molar-refractivity contribution in [1.29, 1.82) is 0 Å². The summed E-state index contributed by atoms with van der Waals surface area (Å²) in [6.45, 7) is 5.93. The van der Waals surface area contributed by atoms with Gasteiger partial charge in [-0.05, 0) is 63.1 Å². The number of aliphatic hydroxyl groups is 4. The molecule has 0 amide bonds. The van der Waals surface area contributed by atoms with Crippen molar-refractivity contribution in [1.82, 2.24) is 0 Å². The maximum absolute atomic E-state index is 11.3. The van der Waals surface area contributed by atoms with Gasteiger partial charge in [-0.2, -0.15) is 0 Å². The first-order valence-corrected chi connectivity index (χ1v) is 10.6. The molecule has 8 nitrogen and oxygen atoms in total. The van der Waals surface area contributed by atoms with Crippen LogP contribution in [0.1, 0.15) is 45.7 Å². The predicted molar refractivity (Wildman–Crippen MR) is 123 cm³/mol. The quantitative estimate of drug-likeness (QED) is 0.374. The topological polar surface area (TPSA) is 140 Å². The Bertz CT molecular complexity index is 1040. The second-order valence-electron chi connectivity index (χ2n) is 9.44. The van der Waals surface area contributed by atoms with Gasteiger partial charge in [0.05, 0.1) is 6.61 Å². The van der Waals surface area contributed by atoms with Crippen LogP contribution in [-0.2, 0) is 4.74 Å². The van der Waals surface area contributed by atoms with Crippen LogP contribution < -0.4 is 4.74 Å². The third kappa shape index (κ3) is 3.98. The fourth-order valence-electron chi connectivity index (χ4n) is 4.13. The SMILES string of the molecule is CC1(CO)OC(C)(Oc2cc(O)cc(/C=C\c3ccc(O)cc3)c2)C(C)(O)C(C)(O)C1(C)O. The van der Waals surface area contributed by atoms with Crippen molar-refractivity contribution in [2.45, 2.75) is 62.8 Å². The first kappa shape index (κ1) is 25.0. The number of hydrogen-bond donors (Lipinski definition) is 6. The molecule has 5 atom stereocenters. The molecule has 1 fully saturated rings. The largest absolute Gasteiger partial charge is 0.508 e. The summed E-state index contributed by atoms with van der Waals surface area (Å²) < 4.78 is 11.9. The lowest BCUT2D eigenvalue weighted by Gasteiger charge is -2.64. The Hall–Kier alpha value is -2.62. The lowest BCUT2D eigenvalue weighted by molar-refractivity contribution is -0.441. The molecule has 33 heavy (non-hydrogen) atoms. The van der Waals surface area contributed by atoms with Crippen LogP contribution in [0, 0.1) is 0 Å². The van der Waals surface area contributed by atoms with Crippen molar-refractivity contribution in [2.75, 3.05) is 6.61 Å². The van der Waals surface area contributed by atoms with Gasteiger partial charge in [0.1, 0.15) is 34.1 Å².